The number of hydrogen-bond donors (Lipinski definition) is 1. The van der Waals surface area contributed by atoms with Gasteiger partial charge in [-0.1, -0.05) is 0 Å². The van der Waals surface area contributed by atoms with Crippen molar-refractivity contribution in [3.8, 4) is 0 Å². The molecule has 0 bridgehead atoms. The fourth-order valence-corrected chi connectivity index (χ4v) is 0. The van der Waals surface area contributed by atoms with Gasteiger partial charge in [0.2, 0.25) is 0 Å². The summed E-state index contributed by atoms with van der Waals surface area (Å²) in [6.07, 6.45) is 0. The third-order valence-electron chi connectivity index (χ3n) is 0. The monoisotopic (exact) mass is 362 g/mol. The zero-order valence-corrected chi connectivity index (χ0v) is 10.7. The zero-order chi connectivity index (χ0) is 3.58. The average molecular weight is 362 g/mol. The predicted octanol–water partition coefficient (Wildman–Crippen LogP) is -0.811. The van der Waals surface area contributed by atoms with Gasteiger partial charge < -0.3 is 12.0 Å². The van der Waals surface area contributed by atoms with Gasteiger partial charge in [-0.25, -0.2) is 0 Å². The van der Waals surface area contributed by atoms with Crippen molar-refractivity contribution in [3.05, 3.63) is 7.43 Å². The summed E-state index contributed by atoms with van der Waals surface area (Å²) in [5, 5.41) is 4.03. The van der Waals surface area contributed by atoms with Gasteiger partial charge in [0, 0.05) is 11.3 Å². The van der Waals surface area contributed by atoms with Crippen molar-refractivity contribution in [3.63, 3.8) is 0 Å². The van der Waals surface area contributed by atoms with Crippen LogP contribution in [0.4, 0.5) is 0 Å². The van der Waals surface area contributed by atoms with E-state index in [1.807, 2.05) is 0 Å². The van der Waals surface area contributed by atoms with Crippen molar-refractivity contribution < 1.29 is 8.76 Å². The van der Waals surface area contributed by atoms with Crippen LogP contribution in [0.5, 0.6) is 0 Å². The van der Waals surface area contributed by atoms with Crippen molar-refractivity contribution in [2.75, 3.05) is 0 Å². The largest absolute Gasteiger partial charge is 0.760 e. The summed E-state index contributed by atoms with van der Waals surface area (Å²) in [7, 11) is 0. The van der Waals surface area contributed by atoms with Gasteiger partial charge in [0.1, 0.15) is 0 Å². The molecule has 0 amide bonds. The normalized spacial score (nSPS) is 10.3. The van der Waals surface area contributed by atoms with E-state index in [2.05, 4.69) is 5.14 Å². The van der Waals surface area contributed by atoms with Crippen LogP contribution in [-0.2, 0) is 11.3 Å². The Kier molecular flexibility index (Phi) is 29.2. The van der Waals surface area contributed by atoms with Crippen LogP contribution in [-0.4, -0.2) is 8.76 Å². The molecule has 0 aliphatic rings. The topological polar surface area (TPSA) is 66.2 Å². The molecule has 1 unspecified atom stereocenters. The summed E-state index contributed by atoms with van der Waals surface area (Å²) in [5.74, 6) is 0. The maximum Gasteiger partial charge on any atom is 0.0152 e. The number of nitrogens with two attached hydrogens (primary N) is 1. The summed E-state index contributed by atoms with van der Waals surface area (Å²) in [5.41, 5.74) is 0. The molecule has 0 aliphatic heterocycles. The van der Waals surface area contributed by atoms with E-state index in [0.717, 1.165) is 0 Å². The summed E-state index contributed by atoms with van der Waals surface area (Å²) < 4.78 is 17.6. The van der Waals surface area contributed by atoms with Crippen LogP contribution in [0.1, 0.15) is 0 Å². The molecular weight excluding hydrogens is 357 g/mol. The van der Waals surface area contributed by atoms with Crippen molar-refractivity contribution in [2.45, 2.75) is 0 Å². The van der Waals surface area contributed by atoms with E-state index in [4.69, 9.17) is 8.76 Å². The Morgan fingerprint density at radius 2 is 1.67 bits per heavy atom. The van der Waals surface area contributed by atoms with Gasteiger partial charge in [-0.3, -0.25) is 9.35 Å². The summed E-state index contributed by atoms with van der Waals surface area (Å²) >= 11 is -2.36. The standard InChI is InChI=1S/CH3.H3NO2S.Rf/c;1-4(2)3;/h1H3;1H2,(H,2,3);/q-1;;/p-1. The predicted molar refractivity (Wildman–Crippen MR) is 19.5 cm³/mol. The third kappa shape index (κ3) is 15.2. The Morgan fingerprint density at radius 3 is 1.67 bits per heavy atom. The van der Waals surface area contributed by atoms with Crippen molar-refractivity contribution >= 4 is 11.3 Å². The van der Waals surface area contributed by atoms with E-state index < -0.39 is 11.3 Å². The van der Waals surface area contributed by atoms with Crippen LogP contribution in [0.25, 0.3) is 0 Å². The Labute approximate surface area is 33.6 Å². The zero-order valence-electron chi connectivity index (χ0n) is 3.51. The van der Waals surface area contributed by atoms with E-state index >= 15 is 0 Å². The number of rotatable bonds is 0. The maximum atomic E-state index is 8.78. The molecule has 0 heterocycles. The molecule has 36 valence electrons. The van der Waals surface area contributed by atoms with Crippen LogP contribution in [0.2, 0.25) is 0 Å². The second-order valence-electron chi connectivity index (χ2n) is 0.260. The van der Waals surface area contributed by atoms with Gasteiger partial charge >= 0.3 is 0 Å². The van der Waals surface area contributed by atoms with Gasteiger partial charge in [-0.05, 0) is 0 Å². The molecule has 3 nitrogen and oxygen atoms in total. The van der Waals surface area contributed by atoms with Gasteiger partial charge in [0.15, 0.2) is 0 Å². The minimum absolute atomic E-state index is 0. The first-order valence-corrected chi connectivity index (χ1v) is 1.71. The molecule has 0 saturated heterocycles. The van der Waals surface area contributed by atoms with Gasteiger partial charge in [0.05, 0.1) is 0 Å². The Balaban J connectivity index is -0.0000000450. The quantitative estimate of drug-likeness (QED) is 0.453. The van der Waals surface area contributed by atoms with Gasteiger partial charge in [0.25, 0.3) is 0 Å². The summed E-state index contributed by atoms with van der Waals surface area (Å²) in [4.78, 5) is 0. The first kappa shape index (κ1) is 19.6. The molecule has 0 aromatic carbocycles. The van der Waals surface area contributed by atoms with E-state index in [1.165, 1.54) is 0 Å². The minimum Gasteiger partial charge on any atom is -0.760 e. The molecule has 0 aliphatic carbocycles. The van der Waals surface area contributed by atoms with Crippen LogP contribution in [0.3, 0.4) is 0 Å². The Bertz CT molecular complexity index is 36.5. The second-order valence-corrected chi connectivity index (χ2v) is 0.781. The Morgan fingerprint density at radius 1 is 1.67 bits per heavy atom. The second kappa shape index (κ2) is 8.95. The molecule has 5 heteroatoms. The molecule has 2 N–H and O–H groups in total. The summed E-state index contributed by atoms with van der Waals surface area (Å²) in [6.45, 7) is 0. The van der Waals surface area contributed by atoms with Crippen LogP contribution >= 0.6 is 0 Å². The summed E-state index contributed by atoms with van der Waals surface area (Å²) in [6, 6.07) is 0. The minimum atomic E-state index is -2.36. The molecule has 0 radical (unpaired) electrons. The third-order valence-corrected chi connectivity index (χ3v) is 0. The van der Waals surface area contributed by atoms with Crippen LogP contribution < -0.4 is 5.14 Å². The number of hydrogen-bond acceptors (Lipinski definition) is 2. The van der Waals surface area contributed by atoms with E-state index in [9.17, 15) is 0 Å². The smallest absolute Gasteiger partial charge is 0.0152 e. The molecule has 0 spiro atoms. The first-order chi connectivity index (χ1) is 1.73. The maximum absolute atomic E-state index is 8.78. The van der Waals surface area contributed by atoms with Crippen molar-refractivity contribution in [1.82, 2.24) is 0 Å². The molecule has 0 aromatic heterocycles. The molecule has 0 saturated carbocycles. The SMILES string of the molecule is NS(=O)[O-].[CH3-].[Rf]. The molecular formula is CH5NO2RfS-2. The molecule has 1 atom stereocenters. The molecule has 0 rings (SSSR count). The van der Waals surface area contributed by atoms with Crippen molar-refractivity contribution in [1.29, 1.82) is 0 Å². The van der Waals surface area contributed by atoms with E-state index in [0.29, 0.717) is 0 Å². The average Bonchev–Trinajstić information content (AvgIpc) is 0.811. The van der Waals surface area contributed by atoms with Crippen LogP contribution in [0.15, 0.2) is 0 Å². The fraction of sp³-hybridized carbons (Fsp3) is 0. The molecule has 6 heavy (non-hydrogen) atoms. The fourth-order valence-electron chi connectivity index (χ4n) is 0. The van der Waals surface area contributed by atoms with Gasteiger partial charge in [-0.2, -0.15) is 0 Å². The van der Waals surface area contributed by atoms with Crippen LogP contribution in [0, 0.1) is 7.43 Å². The van der Waals surface area contributed by atoms with E-state index in [-0.39, 0.29) is 7.43 Å². The molecule has 0 aromatic rings. The first-order valence-electron chi connectivity index (χ1n) is 0.569. The van der Waals surface area contributed by atoms with E-state index in [1.54, 1.807) is 0 Å². The van der Waals surface area contributed by atoms with Gasteiger partial charge in [-0.15, -0.1) is 0 Å². The Hall–Kier alpha value is -0.930. The molecule has 0 fully saturated rings. The van der Waals surface area contributed by atoms with Crippen molar-refractivity contribution in [2.24, 2.45) is 5.14 Å².